The Morgan fingerprint density at radius 2 is 1.65 bits per heavy atom. The lowest BCUT2D eigenvalue weighted by Gasteiger charge is -2.32. The van der Waals surface area contributed by atoms with Crippen LogP contribution in [0, 0.1) is 5.82 Å². The largest absolute Gasteiger partial charge is 0.353 e. The minimum absolute atomic E-state index is 0.0218. The first-order chi connectivity index (χ1) is 12.5. The van der Waals surface area contributed by atoms with Crippen molar-refractivity contribution >= 4 is 27.7 Å². The molecule has 26 heavy (non-hydrogen) atoms. The molecule has 0 bridgehead atoms. The predicted octanol–water partition coefficient (Wildman–Crippen LogP) is 3.55. The highest BCUT2D eigenvalue weighted by atomic mass is 79.9. The summed E-state index contributed by atoms with van der Waals surface area (Å²) in [6, 6.07) is 13.3. The molecule has 0 spiro atoms. The molecule has 3 rings (SSSR count). The fourth-order valence-corrected chi connectivity index (χ4v) is 3.33. The van der Waals surface area contributed by atoms with Crippen LogP contribution in [0.15, 0.2) is 53.0 Å². The smallest absolute Gasteiger partial charge is 0.253 e. The van der Waals surface area contributed by atoms with Crippen LogP contribution in [0.5, 0.6) is 0 Å². The maximum atomic E-state index is 12.9. The molecule has 1 aliphatic heterocycles. The number of hydrogen-bond acceptors (Lipinski definition) is 2. The summed E-state index contributed by atoms with van der Waals surface area (Å²) in [5.41, 5.74) is 1.46. The van der Waals surface area contributed by atoms with Crippen molar-refractivity contribution in [1.82, 2.24) is 10.2 Å². The van der Waals surface area contributed by atoms with Gasteiger partial charge in [-0.15, -0.1) is 0 Å². The number of piperidine rings is 1. The van der Waals surface area contributed by atoms with Gasteiger partial charge in [0.25, 0.3) is 5.91 Å². The molecule has 1 N–H and O–H groups in total. The maximum absolute atomic E-state index is 12.9. The number of carbonyl (C=O) groups is 2. The van der Waals surface area contributed by atoms with Gasteiger partial charge in [0.05, 0.1) is 6.42 Å². The van der Waals surface area contributed by atoms with E-state index in [0.717, 1.165) is 22.9 Å². The Labute approximate surface area is 160 Å². The van der Waals surface area contributed by atoms with Gasteiger partial charge in [0.15, 0.2) is 0 Å². The van der Waals surface area contributed by atoms with Crippen molar-refractivity contribution in [3.63, 3.8) is 0 Å². The molecular weight excluding hydrogens is 399 g/mol. The number of nitrogens with one attached hydrogen (secondary N) is 1. The van der Waals surface area contributed by atoms with Gasteiger partial charge in [-0.2, -0.15) is 0 Å². The summed E-state index contributed by atoms with van der Waals surface area (Å²) in [6.07, 6.45) is 1.70. The predicted molar refractivity (Wildman–Crippen MR) is 101 cm³/mol. The third-order valence-corrected chi connectivity index (χ3v) is 5.05. The van der Waals surface area contributed by atoms with E-state index in [1.165, 1.54) is 12.1 Å². The molecule has 4 nitrogen and oxygen atoms in total. The van der Waals surface area contributed by atoms with E-state index in [1.54, 1.807) is 12.1 Å². The molecule has 0 aromatic heterocycles. The minimum Gasteiger partial charge on any atom is -0.353 e. The fourth-order valence-electron chi connectivity index (χ4n) is 3.07. The third kappa shape index (κ3) is 4.91. The molecule has 1 heterocycles. The van der Waals surface area contributed by atoms with E-state index in [1.807, 2.05) is 29.2 Å². The van der Waals surface area contributed by atoms with Gasteiger partial charge in [-0.3, -0.25) is 9.59 Å². The Morgan fingerprint density at radius 1 is 1.04 bits per heavy atom. The van der Waals surface area contributed by atoms with E-state index in [0.29, 0.717) is 18.7 Å². The van der Waals surface area contributed by atoms with Gasteiger partial charge in [-0.1, -0.05) is 28.1 Å². The third-order valence-electron chi connectivity index (χ3n) is 4.52. The number of hydrogen-bond donors (Lipinski definition) is 1. The average Bonchev–Trinajstić information content (AvgIpc) is 2.64. The van der Waals surface area contributed by atoms with E-state index in [4.69, 9.17) is 0 Å². The molecule has 6 heteroatoms. The molecular formula is C20H20BrFN2O2. The number of benzene rings is 2. The number of amides is 2. The maximum Gasteiger partial charge on any atom is 0.253 e. The Balaban J connectivity index is 1.47. The zero-order valence-corrected chi connectivity index (χ0v) is 15.8. The van der Waals surface area contributed by atoms with Crippen molar-refractivity contribution in [1.29, 1.82) is 0 Å². The van der Waals surface area contributed by atoms with Crippen molar-refractivity contribution < 1.29 is 14.0 Å². The first-order valence-corrected chi connectivity index (χ1v) is 9.39. The number of likely N-dealkylation sites (tertiary alicyclic amines) is 1. The monoisotopic (exact) mass is 418 g/mol. The van der Waals surface area contributed by atoms with Crippen LogP contribution in [0.4, 0.5) is 4.39 Å². The molecule has 2 amide bonds. The van der Waals surface area contributed by atoms with E-state index >= 15 is 0 Å². The fraction of sp³-hybridized carbons (Fsp3) is 0.300. The number of halogens is 2. The second-order valence-corrected chi connectivity index (χ2v) is 7.36. The molecule has 2 aromatic rings. The van der Waals surface area contributed by atoms with Crippen LogP contribution in [-0.2, 0) is 11.2 Å². The second kappa shape index (κ2) is 8.45. The van der Waals surface area contributed by atoms with Gasteiger partial charge in [0.1, 0.15) is 5.82 Å². The molecule has 0 atom stereocenters. The minimum atomic E-state index is -0.308. The Hall–Kier alpha value is -2.21. The Bertz CT molecular complexity index is 769. The molecule has 136 valence electrons. The van der Waals surface area contributed by atoms with Crippen LogP contribution < -0.4 is 5.32 Å². The van der Waals surface area contributed by atoms with Crippen LogP contribution in [0.3, 0.4) is 0 Å². The van der Waals surface area contributed by atoms with E-state index in [-0.39, 0.29) is 30.1 Å². The highest BCUT2D eigenvalue weighted by Crippen LogP contribution is 2.16. The first kappa shape index (κ1) is 18.6. The van der Waals surface area contributed by atoms with Gasteiger partial charge in [0, 0.05) is 29.2 Å². The topological polar surface area (TPSA) is 49.4 Å². The second-order valence-electron chi connectivity index (χ2n) is 6.44. The summed E-state index contributed by atoms with van der Waals surface area (Å²) >= 11 is 3.36. The molecule has 1 fully saturated rings. The van der Waals surface area contributed by atoms with E-state index in [2.05, 4.69) is 21.2 Å². The quantitative estimate of drug-likeness (QED) is 0.824. The standard InChI is InChI=1S/C20H20BrFN2O2/c21-16-5-3-15(4-6-16)20(26)24-11-9-18(10-12-24)23-19(25)13-14-1-7-17(22)8-2-14/h1-8,18H,9-13H2,(H,23,25). The van der Waals surface area contributed by atoms with Crippen molar-refractivity contribution in [2.45, 2.75) is 25.3 Å². The highest BCUT2D eigenvalue weighted by molar-refractivity contribution is 9.10. The summed E-state index contributed by atoms with van der Waals surface area (Å²) < 4.78 is 13.8. The van der Waals surface area contributed by atoms with E-state index in [9.17, 15) is 14.0 Å². The lowest BCUT2D eigenvalue weighted by atomic mass is 10.0. The van der Waals surface area contributed by atoms with Crippen LogP contribution >= 0.6 is 15.9 Å². The zero-order valence-electron chi connectivity index (χ0n) is 14.3. The van der Waals surface area contributed by atoms with Crippen molar-refractivity contribution in [3.8, 4) is 0 Å². The zero-order chi connectivity index (χ0) is 18.5. The molecule has 1 aliphatic rings. The van der Waals surface area contributed by atoms with Gasteiger partial charge >= 0.3 is 0 Å². The number of rotatable bonds is 4. The van der Waals surface area contributed by atoms with Crippen LogP contribution in [0.1, 0.15) is 28.8 Å². The number of nitrogens with zero attached hydrogens (tertiary/aromatic N) is 1. The summed E-state index contributed by atoms with van der Waals surface area (Å²) in [6.45, 7) is 1.24. The van der Waals surface area contributed by atoms with Crippen LogP contribution in [0.2, 0.25) is 0 Å². The van der Waals surface area contributed by atoms with Crippen LogP contribution in [-0.4, -0.2) is 35.8 Å². The molecule has 0 aliphatic carbocycles. The van der Waals surface area contributed by atoms with Crippen molar-refractivity contribution in [2.24, 2.45) is 0 Å². The average molecular weight is 419 g/mol. The van der Waals surface area contributed by atoms with Crippen molar-refractivity contribution in [3.05, 3.63) is 69.9 Å². The summed E-state index contributed by atoms with van der Waals surface area (Å²) in [4.78, 5) is 26.5. The van der Waals surface area contributed by atoms with E-state index < -0.39 is 0 Å². The van der Waals surface area contributed by atoms with Gasteiger partial charge in [-0.05, 0) is 54.8 Å². The van der Waals surface area contributed by atoms with Crippen molar-refractivity contribution in [2.75, 3.05) is 13.1 Å². The SMILES string of the molecule is O=C(Cc1ccc(F)cc1)NC1CCN(C(=O)c2ccc(Br)cc2)CC1. The molecule has 1 saturated heterocycles. The normalized spacial score (nSPS) is 14.9. The lowest BCUT2D eigenvalue weighted by molar-refractivity contribution is -0.121. The molecule has 0 saturated carbocycles. The van der Waals surface area contributed by atoms with Gasteiger partial charge in [0.2, 0.25) is 5.91 Å². The highest BCUT2D eigenvalue weighted by Gasteiger charge is 2.24. The molecule has 0 radical (unpaired) electrons. The summed E-state index contributed by atoms with van der Waals surface area (Å²) in [5.74, 6) is -0.361. The lowest BCUT2D eigenvalue weighted by Crippen LogP contribution is -2.46. The van der Waals surface area contributed by atoms with Gasteiger partial charge in [-0.25, -0.2) is 4.39 Å². The van der Waals surface area contributed by atoms with Crippen LogP contribution in [0.25, 0.3) is 0 Å². The summed E-state index contributed by atoms with van der Waals surface area (Å²) in [5, 5.41) is 3.01. The van der Waals surface area contributed by atoms with Gasteiger partial charge < -0.3 is 10.2 Å². The first-order valence-electron chi connectivity index (χ1n) is 8.60. The summed E-state index contributed by atoms with van der Waals surface area (Å²) in [7, 11) is 0. The molecule has 2 aromatic carbocycles. The Kier molecular flexibility index (Phi) is 6.04. The Morgan fingerprint density at radius 3 is 2.27 bits per heavy atom. The number of carbonyl (C=O) groups excluding carboxylic acids is 2. The molecule has 0 unspecified atom stereocenters.